The summed E-state index contributed by atoms with van der Waals surface area (Å²) in [6.45, 7) is 0.619. The van der Waals surface area contributed by atoms with Crippen LogP contribution in [0.15, 0.2) is 91.6 Å². The Morgan fingerprint density at radius 1 is 0.935 bits per heavy atom. The molecule has 3 aromatic heterocycles. The molecule has 1 N–H and O–H groups in total. The highest BCUT2D eigenvalue weighted by Gasteiger charge is 2.18. The van der Waals surface area contributed by atoms with Crippen LogP contribution in [0.4, 0.5) is 5.82 Å². The van der Waals surface area contributed by atoms with Gasteiger partial charge >= 0.3 is 0 Å². The number of aromatic nitrogens is 4. The van der Waals surface area contributed by atoms with E-state index in [0.717, 1.165) is 45.0 Å². The van der Waals surface area contributed by atoms with Crippen LogP contribution < -0.4 is 10.1 Å². The first-order valence-electron chi connectivity index (χ1n) is 10.0. The van der Waals surface area contributed by atoms with E-state index in [2.05, 4.69) is 43.2 Å². The molecule has 6 nitrogen and oxygen atoms in total. The van der Waals surface area contributed by atoms with Crippen molar-refractivity contribution in [2.75, 3.05) is 12.4 Å². The van der Waals surface area contributed by atoms with E-state index in [1.54, 1.807) is 19.6 Å². The Bertz CT molecular complexity index is 1320. The van der Waals surface area contributed by atoms with E-state index in [4.69, 9.17) is 4.74 Å². The number of para-hydroxylation sites is 2. The van der Waals surface area contributed by atoms with Gasteiger partial charge in [-0.25, -0.2) is 9.97 Å². The highest BCUT2D eigenvalue weighted by molar-refractivity contribution is 6.02. The van der Waals surface area contributed by atoms with Crippen LogP contribution in [0.1, 0.15) is 5.56 Å². The fourth-order valence-electron chi connectivity index (χ4n) is 3.73. The Morgan fingerprint density at radius 2 is 1.77 bits per heavy atom. The third kappa shape index (κ3) is 3.59. The Morgan fingerprint density at radius 3 is 2.58 bits per heavy atom. The van der Waals surface area contributed by atoms with Crippen LogP contribution in [0.2, 0.25) is 0 Å². The van der Waals surface area contributed by atoms with Gasteiger partial charge in [-0.05, 0) is 29.3 Å². The summed E-state index contributed by atoms with van der Waals surface area (Å²) in [4.78, 5) is 13.4. The quantitative estimate of drug-likeness (QED) is 0.424. The molecular weight excluding hydrogens is 386 g/mol. The Balaban J connectivity index is 1.69. The molecule has 0 aliphatic rings. The average molecular weight is 407 g/mol. The number of fused-ring (bicyclic) bond motifs is 1. The lowest BCUT2D eigenvalue weighted by molar-refractivity contribution is 0.413. The minimum Gasteiger partial charge on any atom is -0.495 e. The van der Waals surface area contributed by atoms with Crippen LogP contribution in [0.3, 0.4) is 0 Å². The molecule has 5 aromatic rings. The summed E-state index contributed by atoms with van der Waals surface area (Å²) in [6, 6.07) is 22.2. The number of pyridine rings is 1. The van der Waals surface area contributed by atoms with E-state index >= 15 is 0 Å². The third-order valence-electron chi connectivity index (χ3n) is 5.20. The van der Waals surface area contributed by atoms with Crippen molar-refractivity contribution in [3.63, 3.8) is 0 Å². The molecule has 0 bridgehead atoms. The van der Waals surface area contributed by atoms with Gasteiger partial charge in [0.25, 0.3) is 0 Å². The zero-order valence-electron chi connectivity index (χ0n) is 17.1. The first kappa shape index (κ1) is 18.8. The molecule has 3 heterocycles. The molecule has 0 saturated heterocycles. The van der Waals surface area contributed by atoms with Crippen LogP contribution in [0, 0.1) is 0 Å². The molecule has 0 unspecified atom stereocenters. The molecule has 0 atom stereocenters. The fraction of sp³-hybridized carbons (Fsp3) is 0.0800. The Kier molecular flexibility index (Phi) is 5.02. The summed E-state index contributed by atoms with van der Waals surface area (Å²) in [6.07, 6.45) is 7.31. The molecule has 0 aliphatic heterocycles. The highest BCUT2D eigenvalue weighted by Crippen LogP contribution is 2.37. The monoisotopic (exact) mass is 407 g/mol. The van der Waals surface area contributed by atoms with Gasteiger partial charge in [0.1, 0.15) is 17.9 Å². The number of ether oxygens (including phenoxy) is 1. The minimum absolute atomic E-state index is 0.619. The smallest absolute Gasteiger partial charge is 0.150 e. The number of benzene rings is 2. The van der Waals surface area contributed by atoms with Crippen molar-refractivity contribution in [2.45, 2.75) is 6.54 Å². The number of nitrogens with one attached hydrogen (secondary N) is 1. The van der Waals surface area contributed by atoms with Crippen LogP contribution >= 0.6 is 0 Å². The van der Waals surface area contributed by atoms with Gasteiger partial charge in [0.15, 0.2) is 5.65 Å². The van der Waals surface area contributed by atoms with Crippen molar-refractivity contribution in [1.82, 2.24) is 19.5 Å². The number of nitrogens with zero attached hydrogens (tertiary/aromatic N) is 4. The predicted molar refractivity (Wildman–Crippen MR) is 122 cm³/mol. The lowest BCUT2D eigenvalue weighted by atomic mass is 10.1. The molecule has 152 valence electrons. The van der Waals surface area contributed by atoms with Gasteiger partial charge in [0.05, 0.1) is 18.2 Å². The largest absolute Gasteiger partial charge is 0.495 e. The summed E-state index contributed by atoms with van der Waals surface area (Å²) in [5, 5.41) is 4.43. The fourth-order valence-corrected chi connectivity index (χ4v) is 3.73. The first-order chi connectivity index (χ1) is 15.3. The molecule has 0 spiro atoms. The van der Waals surface area contributed by atoms with E-state index in [1.807, 2.05) is 60.8 Å². The second-order valence-electron chi connectivity index (χ2n) is 7.09. The molecule has 0 amide bonds. The Labute approximate surface area is 180 Å². The van der Waals surface area contributed by atoms with Gasteiger partial charge in [0.2, 0.25) is 0 Å². The third-order valence-corrected chi connectivity index (χ3v) is 5.20. The summed E-state index contributed by atoms with van der Waals surface area (Å²) in [7, 11) is 1.68. The maximum atomic E-state index is 5.61. The van der Waals surface area contributed by atoms with Crippen molar-refractivity contribution < 1.29 is 4.74 Å². The van der Waals surface area contributed by atoms with E-state index in [-0.39, 0.29) is 0 Å². The van der Waals surface area contributed by atoms with Gasteiger partial charge < -0.3 is 10.1 Å². The molecule has 31 heavy (non-hydrogen) atoms. The first-order valence-corrected chi connectivity index (χ1v) is 10.0. The molecular formula is C25H21N5O. The van der Waals surface area contributed by atoms with E-state index in [1.165, 1.54) is 0 Å². The van der Waals surface area contributed by atoms with Gasteiger partial charge in [-0.3, -0.25) is 9.55 Å². The maximum absolute atomic E-state index is 5.61. The summed E-state index contributed by atoms with van der Waals surface area (Å²) < 4.78 is 7.68. The topological polar surface area (TPSA) is 64.9 Å². The molecule has 5 rings (SSSR count). The molecule has 0 fully saturated rings. The zero-order chi connectivity index (χ0) is 21.0. The number of hydrogen-bond donors (Lipinski definition) is 1. The molecule has 6 heteroatoms. The highest BCUT2D eigenvalue weighted by atomic mass is 16.5. The summed E-state index contributed by atoms with van der Waals surface area (Å²) >= 11 is 0. The van der Waals surface area contributed by atoms with Crippen LogP contribution in [-0.2, 0) is 6.54 Å². The van der Waals surface area contributed by atoms with E-state index in [0.29, 0.717) is 6.54 Å². The van der Waals surface area contributed by atoms with Crippen molar-refractivity contribution in [3.05, 3.63) is 97.2 Å². The predicted octanol–water partition coefficient (Wildman–Crippen LogP) is 5.10. The Hall–Kier alpha value is -4.19. The van der Waals surface area contributed by atoms with Gasteiger partial charge in [-0.1, -0.05) is 48.5 Å². The summed E-state index contributed by atoms with van der Waals surface area (Å²) in [5.41, 5.74) is 4.97. The molecule has 0 saturated carbocycles. The molecule has 0 radical (unpaired) electrons. The second-order valence-corrected chi connectivity index (χ2v) is 7.09. The molecule has 0 aliphatic carbocycles. The van der Waals surface area contributed by atoms with Gasteiger partial charge in [-0.2, -0.15) is 0 Å². The number of anilines is 1. The lowest BCUT2D eigenvalue weighted by Gasteiger charge is -2.11. The van der Waals surface area contributed by atoms with Gasteiger partial charge in [-0.15, -0.1) is 0 Å². The maximum Gasteiger partial charge on any atom is 0.150 e. The number of hydrogen-bond acceptors (Lipinski definition) is 5. The average Bonchev–Trinajstić information content (AvgIpc) is 3.24. The molecule has 2 aromatic carbocycles. The van der Waals surface area contributed by atoms with E-state index < -0.39 is 0 Å². The van der Waals surface area contributed by atoms with Crippen LogP contribution in [0.5, 0.6) is 5.75 Å². The van der Waals surface area contributed by atoms with Crippen molar-refractivity contribution in [3.8, 4) is 22.6 Å². The van der Waals surface area contributed by atoms with Crippen molar-refractivity contribution in [2.24, 2.45) is 0 Å². The van der Waals surface area contributed by atoms with Crippen molar-refractivity contribution in [1.29, 1.82) is 0 Å². The SMILES string of the molecule is COc1ccccc1-n1cc(-c2ccccc2)c2c(NCc3cccnc3)ncnc21. The summed E-state index contributed by atoms with van der Waals surface area (Å²) in [5.74, 6) is 1.56. The number of rotatable bonds is 6. The van der Waals surface area contributed by atoms with Gasteiger partial charge in [0, 0.05) is 30.7 Å². The van der Waals surface area contributed by atoms with Crippen LogP contribution in [-0.4, -0.2) is 26.6 Å². The standard InChI is InChI=1S/C25H21N5O/c1-31-22-12-6-5-11-21(22)30-16-20(19-9-3-2-4-10-19)23-24(28-17-29-25(23)30)27-15-18-8-7-13-26-14-18/h2-14,16-17H,15H2,1H3,(H,27,28,29). The van der Waals surface area contributed by atoms with Crippen LogP contribution in [0.25, 0.3) is 27.8 Å². The zero-order valence-corrected chi connectivity index (χ0v) is 17.1. The minimum atomic E-state index is 0.619. The lowest BCUT2D eigenvalue weighted by Crippen LogP contribution is -2.03. The normalized spacial score (nSPS) is 10.9. The number of methoxy groups -OCH3 is 1. The van der Waals surface area contributed by atoms with E-state index in [9.17, 15) is 0 Å². The van der Waals surface area contributed by atoms with Crippen molar-refractivity contribution >= 4 is 16.9 Å². The second kappa shape index (κ2) is 8.28.